The molecule has 1 N–H and O–H groups in total. The number of hydrogen-bond donors (Lipinski definition) is 1. The van der Waals surface area contributed by atoms with Crippen LogP contribution >= 0.6 is 23.4 Å². The first kappa shape index (κ1) is 25.9. The highest BCUT2D eigenvalue weighted by atomic mass is 35.5. The summed E-state index contributed by atoms with van der Waals surface area (Å²) in [5.41, 5.74) is 4.27. The van der Waals surface area contributed by atoms with Crippen molar-refractivity contribution in [2.75, 3.05) is 12.3 Å². The van der Waals surface area contributed by atoms with Crippen LogP contribution in [0.1, 0.15) is 29.2 Å². The van der Waals surface area contributed by atoms with E-state index >= 15 is 0 Å². The number of thioether (sulfide) groups is 1. The van der Waals surface area contributed by atoms with Crippen molar-refractivity contribution in [3.63, 3.8) is 0 Å². The molecule has 3 rings (SSSR count). The van der Waals surface area contributed by atoms with E-state index in [4.69, 9.17) is 11.6 Å². The van der Waals surface area contributed by atoms with E-state index in [1.165, 1.54) is 0 Å². The van der Waals surface area contributed by atoms with Crippen molar-refractivity contribution in [1.29, 1.82) is 0 Å². The Labute approximate surface area is 211 Å². The number of hydrogen-bond acceptors (Lipinski definition) is 3. The Balaban J connectivity index is 1.82. The second-order valence-electron chi connectivity index (χ2n) is 8.17. The molecule has 0 saturated heterocycles. The molecule has 0 unspecified atom stereocenters. The van der Waals surface area contributed by atoms with E-state index in [9.17, 15) is 9.59 Å². The lowest BCUT2D eigenvalue weighted by Crippen LogP contribution is -2.51. The Hall–Kier alpha value is -2.76. The zero-order valence-electron chi connectivity index (χ0n) is 19.7. The van der Waals surface area contributed by atoms with Crippen molar-refractivity contribution < 1.29 is 9.59 Å². The molecular weight excluding hydrogens is 464 g/mol. The Morgan fingerprint density at radius 2 is 1.62 bits per heavy atom. The number of carbonyl (C=O) groups is 2. The minimum Gasteiger partial charge on any atom is -0.355 e. The molecule has 0 saturated carbocycles. The van der Waals surface area contributed by atoms with Crippen LogP contribution < -0.4 is 5.32 Å². The average Bonchev–Trinajstić information content (AvgIpc) is 2.84. The van der Waals surface area contributed by atoms with Crippen LogP contribution in [0.3, 0.4) is 0 Å². The van der Waals surface area contributed by atoms with E-state index in [0.717, 1.165) is 22.3 Å². The average molecular weight is 495 g/mol. The van der Waals surface area contributed by atoms with Crippen LogP contribution in [-0.4, -0.2) is 35.1 Å². The quantitative estimate of drug-likeness (QED) is 0.374. The van der Waals surface area contributed by atoms with Crippen molar-refractivity contribution in [3.05, 3.63) is 106 Å². The molecule has 0 aliphatic carbocycles. The molecular formula is C28H31ClN2O2S. The number of nitrogens with zero attached hydrogens (tertiary/aromatic N) is 1. The predicted octanol–water partition coefficient (Wildman–Crippen LogP) is 5.66. The van der Waals surface area contributed by atoms with Gasteiger partial charge in [-0.25, -0.2) is 0 Å². The zero-order valence-corrected chi connectivity index (χ0v) is 21.2. The molecule has 3 aromatic carbocycles. The van der Waals surface area contributed by atoms with Crippen LogP contribution in [0.2, 0.25) is 5.02 Å². The second kappa shape index (κ2) is 13.2. The lowest BCUT2D eigenvalue weighted by molar-refractivity contribution is -0.139. The molecule has 34 heavy (non-hydrogen) atoms. The molecule has 4 nitrogen and oxygen atoms in total. The molecule has 178 valence electrons. The third kappa shape index (κ3) is 7.64. The Morgan fingerprint density at radius 3 is 2.29 bits per heavy atom. The minimum atomic E-state index is -0.592. The third-order valence-electron chi connectivity index (χ3n) is 5.63. The molecule has 0 aromatic heterocycles. The highest BCUT2D eigenvalue weighted by Crippen LogP contribution is 2.20. The van der Waals surface area contributed by atoms with Crippen LogP contribution in [0.25, 0.3) is 0 Å². The van der Waals surface area contributed by atoms with Gasteiger partial charge in [-0.15, -0.1) is 11.8 Å². The summed E-state index contributed by atoms with van der Waals surface area (Å²) >= 11 is 7.52. The van der Waals surface area contributed by atoms with Crippen molar-refractivity contribution in [1.82, 2.24) is 10.2 Å². The van der Waals surface area contributed by atoms with Gasteiger partial charge in [-0.05, 0) is 48.2 Å². The summed E-state index contributed by atoms with van der Waals surface area (Å²) < 4.78 is 0. The maximum absolute atomic E-state index is 13.5. The lowest BCUT2D eigenvalue weighted by Gasteiger charge is -2.32. The maximum Gasteiger partial charge on any atom is 0.243 e. The lowest BCUT2D eigenvalue weighted by atomic mass is 10.0. The molecule has 0 aliphatic heterocycles. The number of carbonyl (C=O) groups excluding carboxylic acids is 2. The van der Waals surface area contributed by atoms with Gasteiger partial charge in [0.15, 0.2) is 0 Å². The van der Waals surface area contributed by atoms with Crippen molar-refractivity contribution >= 4 is 35.2 Å². The molecule has 1 atom stereocenters. The van der Waals surface area contributed by atoms with Crippen molar-refractivity contribution in [3.8, 4) is 0 Å². The molecule has 2 amide bonds. The maximum atomic E-state index is 13.5. The summed E-state index contributed by atoms with van der Waals surface area (Å²) in [6.07, 6.45) is 0.464. The Kier molecular flexibility index (Phi) is 10.0. The predicted molar refractivity (Wildman–Crippen MR) is 142 cm³/mol. The van der Waals surface area contributed by atoms with Crippen LogP contribution in [0.5, 0.6) is 0 Å². The number of likely N-dealkylation sites (N-methyl/N-ethyl adjacent to an activating group) is 1. The van der Waals surface area contributed by atoms with Gasteiger partial charge in [0.1, 0.15) is 6.04 Å². The summed E-state index contributed by atoms with van der Waals surface area (Å²) in [6, 6.07) is 24.9. The van der Waals surface area contributed by atoms with Crippen LogP contribution in [0.4, 0.5) is 0 Å². The SMILES string of the molecule is CCNC(=O)[C@@H](Cc1ccccc1)N(Cc1ccccc1C)C(=O)CSCc1ccc(Cl)cc1. The Bertz CT molecular complexity index is 1070. The highest BCUT2D eigenvalue weighted by Gasteiger charge is 2.30. The molecule has 0 heterocycles. The zero-order chi connectivity index (χ0) is 24.3. The van der Waals surface area contributed by atoms with Crippen LogP contribution in [0.15, 0.2) is 78.9 Å². The van der Waals surface area contributed by atoms with Gasteiger partial charge in [0.2, 0.25) is 11.8 Å². The normalized spacial score (nSPS) is 11.6. The fourth-order valence-electron chi connectivity index (χ4n) is 3.74. The van der Waals surface area contributed by atoms with E-state index in [1.54, 1.807) is 16.7 Å². The van der Waals surface area contributed by atoms with Gasteiger partial charge >= 0.3 is 0 Å². The molecule has 0 radical (unpaired) electrons. The van der Waals surface area contributed by atoms with Gasteiger partial charge in [-0.2, -0.15) is 0 Å². The molecule has 0 bridgehead atoms. The highest BCUT2D eigenvalue weighted by molar-refractivity contribution is 7.99. The first-order valence-electron chi connectivity index (χ1n) is 11.5. The van der Waals surface area contributed by atoms with Gasteiger partial charge in [-0.3, -0.25) is 9.59 Å². The van der Waals surface area contributed by atoms with E-state index in [-0.39, 0.29) is 11.8 Å². The first-order valence-corrected chi connectivity index (χ1v) is 13.0. The number of halogens is 1. The van der Waals surface area contributed by atoms with Gasteiger partial charge in [0.25, 0.3) is 0 Å². The summed E-state index contributed by atoms with van der Waals surface area (Å²) in [5, 5.41) is 3.63. The van der Waals surface area contributed by atoms with E-state index < -0.39 is 6.04 Å². The van der Waals surface area contributed by atoms with E-state index in [2.05, 4.69) is 5.32 Å². The summed E-state index contributed by atoms with van der Waals surface area (Å²) in [6.45, 7) is 4.84. The van der Waals surface area contributed by atoms with E-state index in [1.807, 2.05) is 92.7 Å². The standard InChI is InChI=1S/C28H31ClN2O2S/c1-3-30-28(33)26(17-22-10-5-4-6-11-22)31(18-24-12-8-7-9-21(24)2)27(32)20-34-19-23-13-15-25(29)16-14-23/h4-16,26H,3,17-20H2,1-2H3,(H,30,33)/t26-/m1/s1. The second-order valence-corrected chi connectivity index (χ2v) is 9.59. The number of benzene rings is 3. The topological polar surface area (TPSA) is 49.4 Å². The summed E-state index contributed by atoms with van der Waals surface area (Å²) in [4.78, 5) is 28.5. The number of amides is 2. The number of rotatable bonds is 11. The first-order chi connectivity index (χ1) is 16.5. The smallest absolute Gasteiger partial charge is 0.243 e. The van der Waals surface area contributed by atoms with Gasteiger partial charge < -0.3 is 10.2 Å². The molecule has 3 aromatic rings. The third-order valence-corrected chi connectivity index (χ3v) is 6.87. The number of nitrogens with one attached hydrogen (secondary N) is 1. The minimum absolute atomic E-state index is 0.0469. The fraction of sp³-hybridized carbons (Fsp3) is 0.286. The molecule has 0 spiro atoms. The monoisotopic (exact) mass is 494 g/mol. The molecule has 6 heteroatoms. The molecule has 0 fully saturated rings. The summed E-state index contributed by atoms with van der Waals surface area (Å²) in [5.74, 6) is 0.815. The molecule has 0 aliphatic rings. The largest absolute Gasteiger partial charge is 0.355 e. The van der Waals surface area contributed by atoms with Crippen molar-refractivity contribution in [2.24, 2.45) is 0 Å². The van der Waals surface area contributed by atoms with Crippen LogP contribution in [-0.2, 0) is 28.3 Å². The Morgan fingerprint density at radius 1 is 0.941 bits per heavy atom. The fourth-order valence-corrected chi connectivity index (χ4v) is 4.73. The summed E-state index contributed by atoms with van der Waals surface area (Å²) in [7, 11) is 0. The van der Waals surface area contributed by atoms with Crippen molar-refractivity contribution in [2.45, 2.75) is 38.6 Å². The number of aryl methyl sites for hydroxylation is 1. The van der Waals surface area contributed by atoms with Gasteiger partial charge in [0.05, 0.1) is 5.75 Å². The van der Waals surface area contributed by atoms with Gasteiger partial charge in [-0.1, -0.05) is 78.3 Å². The van der Waals surface area contributed by atoms with E-state index in [0.29, 0.717) is 36.0 Å². The van der Waals surface area contributed by atoms with Crippen LogP contribution in [0, 0.1) is 6.92 Å². The van der Waals surface area contributed by atoms with Gasteiger partial charge in [0, 0.05) is 30.3 Å².